The zero-order valence-electron chi connectivity index (χ0n) is 5.82. The van der Waals surface area contributed by atoms with Crippen LogP contribution in [-0.4, -0.2) is 29.1 Å². The molecule has 1 N–H and O–H groups in total. The molecule has 0 aliphatic carbocycles. The molecule has 0 aromatic heterocycles. The topological polar surface area (TPSA) is 63.6 Å². The smallest absolute Gasteiger partial charge is 0.309 e. The van der Waals surface area contributed by atoms with Crippen LogP contribution < -0.4 is 0 Å². The Morgan fingerprint density at radius 3 is 2.73 bits per heavy atom. The first-order chi connectivity index (χ1) is 5.18. The van der Waals surface area contributed by atoms with E-state index in [4.69, 9.17) is 9.84 Å². The first-order valence-corrected chi connectivity index (χ1v) is 3.59. The lowest BCUT2D eigenvalue weighted by molar-refractivity contribution is -0.146. The lowest BCUT2D eigenvalue weighted by Gasteiger charge is -2.11. The first kappa shape index (κ1) is 6.79. The fraction of sp³-hybridized carbons (Fsp3) is 0.714. The summed E-state index contributed by atoms with van der Waals surface area (Å²) in [5.41, 5.74) is 0. The van der Waals surface area contributed by atoms with Crippen LogP contribution in [0.5, 0.6) is 0 Å². The minimum atomic E-state index is -0.912. The number of hydrogen-bond donors (Lipinski definition) is 1. The standard InChI is InChI=1S/C7H8O4/c8-5-2-3-1-4(7(9)10)6(5)11-3/h3-4,6H,1-2H2,(H,9,10). The lowest BCUT2D eigenvalue weighted by atomic mass is 9.88. The molecule has 4 heteroatoms. The molecular weight excluding hydrogens is 148 g/mol. The van der Waals surface area contributed by atoms with E-state index >= 15 is 0 Å². The zero-order valence-corrected chi connectivity index (χ0v) is 5.82. The third kappa shape index (κ3) is 0.860. The van der Waals surface area contributed by atoms with Gasteiger partial charge in [-0.05, 0) is 6.42 Å². The number of rotatable bonds is 1. The number of carboxylic acids is 1. The van der Waals surface area contributed by atoms with Gasteiger partial charge in [0, 0.05) is 6.42 Å². The lowest BCUT2D eigenvalue weighted by Crippen LogP contribution is -2.31. The van der Waals surface area contributed by atoms with E-state index in [1.165, 1.54) is 0 Å². The Labute approximate surface area is 63.1 Å². The molecule has 0 amide bonds. The highest BCUT2D eigenvalue weighted by Crippen LogP contribution is 2.36. The normalized spacial score (nSPS) is 41.5. The third-order valence-corrected chi connectivity index (χ3v) is 2.28. The molecule has 0 saturated carbocycles. The maximum absolute atomic E-state index is 11.0. The number of ketones is 1. The number of Topliss-reactive ketones (excluding diaryl/α,β-unsaturated/α-hetero) is 1. The molecule has 2 aliphatic heterocycles. The molecule has 4 nitrogen and oxygen atoms in total. The summed E-state index contributed by atoms with van der Waals surface area (Å²) < 4.78 is 5.13. The monoisotopic (exact) mass is 156 g/mol. The van der Waals surface area contributed by atoms with Crippen molar-refractivity contribution in [3.63, 3.8) is 0 Å². The van der Waals surface area contributed by atoms with Crippen molar-refractivity contribution in [2.24, 2.45) is 5.92 Å². The second-order valence-electron chi connectivity index (χ2n) is 3.03. The average molecular weight is 156 g/mol. The highest BCUT2D eigenvalue weighted by molar-refractivity contribution is 5.91. The number of ether oxygens (including phenoxy) is 1. The number of fused-ring (bicyclic) bond motifs is 2. The number of carbonyl (C=O) groups excluding carboxylic acids is 1. The van der Waals surface area contributed by atoms with Crippen molar-refractivity contribution in [3.05, 3.63) is 0 Å². The van der Waals surface area contributed by atoms with Gasteiger partial charge in [0.2, 0.25) is 0 Å². The van der Waals surface area contributed by atoms with Crippen LogP contribution in [0.3, 0.4) is 0 Å². The van der Waals surface area contributed by atoms with Gasteiger partial charge in [-0.2, -0.15) is 0 Å². The van der Waals surface area contributed by atoms with E-state index in [0.717, 1.165) is 0 Å². The molecule has 2 saturated heterocycles. The maximum Gasteiger partial charge on any atom is 0.309 e. The Morgan fingerprint density at radius 2 is 2.36 bits per heavy atom. The Hall–Kier alpha value is -0.900. The van der Waals surface area contributed by atoms with Crippen molar-refractivity contribution in [2.45, 2.75) is 25.0 Å². The molecule has 0 aromatic rings. The summed E-state index contributed by atoms with van der Waals surface area (Å²) in [6, 6.07) is 0. The van der Waals surface area contributed by atoms with Crippen LogP contribution in [-0.2, 0) is 14.3 Å². The van der Waals surface area contributed by atoms with Crippen molar-refractivity contribution < 1.29 is 19.4 Å². The highest BCUT2D eigenvalue weighted by Gasteiger charge is 2.50. The molecule has 3 unspecified atom stereocenters. The molecule has 2 bridgehead atoms. The molecule has 2 aliphatic rings. The van der Waals surface area contributed by atoms with Crippen LogP contribution in [0.1, 0.15) is 12.8 Å². The predicted octanol–water partition coefficient (Wildman–Crippen LogP) is -0.182. The second-order valence-corrected chi connectivity index (χ2v) is 3.03. The van der Waals surface area contributed by atoms with Gasteiger partial charge in [0.1, 0.15) is 6.10 Å². The number of hydrogen-bond acceptors (Lipinski definition) is 3. The van der Waals surface area contributed by atoms with Gasteiger partial charge in [0.05, 0.1) is 12.0 Å². The molecule has 2 fully saturated rings. The van der Waals surface area contributed by atoms with Crippen molar-refractivity contribution in [1.82, 2.24) is 0 Å². The molecule has 11 heavy (non-hydrogen) atoms. The van der Waals surface area contributed by atoms with Gasteiger partial charge in [-0.1, -0.05) is 0 Å². The van der Waals surface area contributed by atoms with Crippen molar-refractivity contribution >= 4 is 11.8 Å². The highest BCUT2D eigenvalue weighted by atomic mass is 16.5. The molecule has 2 heterocycles. The van der Waals surface area contributed by atoms with Gasteiger partial charge in [-0.25, -0.2) is 0 Å². The van der Waals surface area contributed by atoms with E-state index in [2.05, 4.69) is 0 Å². The quantitative estimate of drug-likeness (QED) is 0.571. The summed E-state index contributed by atoms with van der Waals surface area (Å²) in [6.45, 7) is 0. The van der Waals surface area contributed by atoms with Crippen molar-refractivity contribution in [1.29, 1.82) is 0 Å². The van der Waals surface area contributed by atoms with Crippen molar-refractivity contribution in [3.8, 4) is 0 Å². The van der Waals surface area contributed by atoms with Crippen LogP contribution in [0.25, 0.3) is 0 Å². The van der Waals surface area contributed by atoms with E-state index in [0.29, 0.717) is 12.8 Å². The number of aliphatic carboxylic acids is 1. The predicted molar refractivity (Wildman–Crippen MR) is 34.0 cm³/mol. The summed E-state index contributed by atoms with van der Waals surface area (Å²) in [5, 5.41) is 8.62. The molecular formula is C7H8O4. The van der Waals surface area contributed by atoms with E-state index in [1.54, 1.807) is 0 Å². The minimum Gasteiger partial charge on any atom is -0.481 e. The van der Waals surface area contributed by atoms with Gasteiger partial charge in [-0.15, -0.1) is 0 Å². The van der Waals surface area contributed by atoms with E-state index in [1.807, 2.05) is 0 Å². The molecule has 0 spiro atoms. The first-order valence-electron chi connectivity index (χ1n) is 3.59. The van der Waals surface area contributed by atoms with Gasteiger partial charge in [-0.3, -0.25) is 9.59 Å². The molecule has 0 radical (unpaired) electrons. The van der Waals surface area contributed by atoms with Gasteiger partial charge < -0.3 is 9.84 Å². The van der Waals surface area contributed by atoms with Crippen LogP contribution >= 0.6 is 0 Å². The van der Waals surface area contributed by atoms with Crippen LogP contribution in [0, 0.1) is 5.92 Å². The van der Waals surface area contributed by atoms with Gasteiger partial charge in [0.25, 0.3) is 0 Å². The molecule has 2 rings (SSSR count). The van der Waals surface area contributed by atoms with E-state index < -0.39 is 18.0 Å². The fourth-order valence-electron chi connectivity index (χ4n) is 1.77. The maximum atomic E-state index is 11.0. The van der Waals surface area contributed by atoms with Crippen LogP contribution in [0.2, 0.25) is 0 Å². The number of carbonyl (C=O) groups is 2. The van der Waals surface area contributed by atoms with E-state index in [-0.39, 0.29) is 11.9 Å². The molecule has 60 valence electrons. The fourth-order valence-corrected chi connectivity index (χ4v) is 1.77. The summed E-state index contributed by atoms with van der Waals surface area (Å²) in [5.74, 6) is -1.54. The van der Waals surface area contributed by atoms with Crippen molar-refractivity contribution in [2.75, 3.05) is 0 Å². The largest absolute Gasteiger partial charge is 0.481 e. The third-order valence-electron chi connectivity index (χ3n) is 2.28. The Morgan fingerprint density at radius 1 is 1.64 bits per heavy atom. The van der Waals surface area contributed by atoms with Gasteiger partial charge >= 0.3 is 5.97 Å². The Balaban J connectivity index is 2.18. The second kappa shape index (κ2) is 2.04. The Kier molecular flexibility index (Phi) is 1.26. The van der Waals surface area contributed by atoms with E-state index in [9.17, 15) is 9.59 Å². The van der Waals surface area contributed by atoms with Gasteiger partial charge in [0.15, 0.2) is 5.78 Å². The molecule has 0 aromatic carbocycles. The average Bonchev–Trinajstić information content (AvgIpc) is 2.43. The summed E-state index contributed by atoms with van der Waals surface area (Å²) in [6.07, 6.45) is 0.159. The molecule has 3 atom stereocenters. The summed E-state index contributed by atoms with van der Waals surface area (Å²) in [7, 11) is 0. The van der Waals surface area contributed by atoms with Crippen LogP contribution in [0.4, 0.5) is 0 Å². The van der Waals surface area contributed by atoms with Crippen LogP contribution in [0.15, 0.2) is 0 Å². The summed E-state index contributed by atoms with van der Waals surface area (Å²) in [4.78, 5) is 21.5. The number of carboxylic acid groups (broad SMARTS) is 1. The SMILES string of the molecule is O=C(O)C1CC2CC(=O)C1O2. The zero-order chi connectivity index (χ0) is 8.01. The Bertz CT molecular complexity index is 222. The summed E-state index contributed by atoms with van der Waals surface area (Å²) >= 11 is 0. The minimum absolute atomic E-state index is 0.0475.